The van der Waals surface area contributed by atoms with Crippen LogP contribution in [0.1, 0.15) is 16.9 Å². The van der Waals surface area contributed by atoms with Crippen LogP contribution in [0.3, 0.4) is 0 Å². The van der Waals surface area contributed by atoms with Gasteiger partial charge in [0.25, 0.3) is 5.91 Å². The average molecular weight is 384 g/mol. The zero-order chi connectivity index (χ0) is 19.5. The highest BCUT2D eigenvalue weighted by Crippen LogP contribution is 2.25. The van der Waals surface area contributed by atoms with E-state index in [-0.39, 0.29) is 17.5 Å². The predicted molar refractivity (Wildman–Crippen MR) is 98.7 cm³/mol. The maximum absolute atomic E-state index is 13.4. The van der Waals surface area contributed by atoms with E-state index in [0.717, 1.165) is 24.6 Å². The van der Waals surface area contributed by atoms with Crippen molar-refractivity contribution in [1.82, 2.24) is 15.5 Å². The van der Waals surface area contributed by atoms with E-state index in [1.807, 2.05) is 11.0 Å². The number of hydrogen-bond acceptors (Lipinski definition) is 5. The van der Waals surface area contributed by atoms with Gasteiger partial charge in [0.2, 0.25) is 0 Å². The zero-order valence-corrected chi connectivity index (χ0v) is 14.9. The molecular weight excluding hydrogens is 366 g/mol. The topological polar surface area (TPSA) is 71.3 Å². The first kappa shape index (κ1) is 18.1. The summed E-state index contributed by atoms with van der Waals surface area (Å²) in [6.45, 7) is 1.85. The molecule has 1 saturated heterocycles. The number of aromatic nitrogens is 2. The van der Waals surface area contributed by atoms with E-state index in [0.29, 0.717) is 24.5 Å². The second-order valence-electron chi connectivity index (χ2n) is 6.73. The zero-order valence-electron chi connectivity index (χ0n) is 14.9. The highest BCUT2D eigenvalue weighted by molar-refractivity contribution is 5.93. The van der Waals surface area contributed by atoms with Crippen molar-refractivity contribution in [3.63, 3.8) is 0 Å². The quantitative estimate of drug-likeness (QED) is 0.731. The molecule has 1 amide bonds. The fourth-order valence-electron chi connectivity index (χ4n) is 3.27. The molecule has 2 aromatic heterocycles. The summed E-state index contributed by atoms with van der Waals surface area (Å²) in [6.07, 6.45) is 4.13. The Kier molecular flexibility index (Phi) is 5.01. The molecule has 1 N–H and O–H groups in total. The summed E-state index contributed by atoms with van der Waals surface area (Å²) in [5.41, 5.74) is 1.59. The lowest BCUT2D eigenvalue weighted by molar-refractivity contribution is 0.0939. The third-order valence-electron chi connectivity index (χ3n) is 4.79. The molecule has 0 radical (unpaired) electrons. The van der Waals surface area contributed by atoms with Crippen LogP contribution >= 0.6 is 0 Å². The van der Waals surface area contributed by atoms with Gasteiger partial charge in [0.05, 0.1) is 0 Å². The van der Waals surface area contributed by atoms with Gasteiger partial charge >= 0.3 is 0 Å². The number of amides is 1. The van der Waals surface area contributed by atoms with Crippen LogP contribution in [0.2, 0.25) is 0 Å². The maximum atomic E-state index is 13.4. The van der Waals surface area contributed by atoms with E-state index in [1.165, 1.54) is 6.07 Å². The highest BCUT2D eigenvalue weighted by atomic mass is 19.2. The minimum atomic E-state index is -0.857. The number of nitrogens with one attached hydrogen (secondary N) is 1. The first-order valence-corrected chi connectivity index (χ1v) is 8.95. The summed E-state index contributed by atoms with van der Waals surface area (Å²) in [5.74, 6) is -1.34. The van der Waals surface area contributed by atoms with Crippen molar-refractivity contribution in [2.24, 2.45) is 5.92 Å². The lowest BCUT2D eigenvalue weighted by atomic mass is 10.1. The molecule has 3 heterocycles. The Morgan fingerprint density at radius 2 is 2.14 bits per heavy atom. The van der Waals surface area contributed by atoms with Gasteiger partial charge in [0.1, 0.15) is 0 Å². The van der Waals surface area contributed by atoms with Gasteiger partial charge in [-0.05, 0) is 36.6 Å². The molecular formula is C20H18F2N4O2. The van der Waals surface area contributed by atoms with E-state index < -0.39 is 11.6 Å². The second-order valence-corrected chi connectivity index (χ2v) is 6.73. The Labute approximate surface area is 160 Å². The number of carbonyl (C=O) groups is 1. The predicted octanol–water partition coefficient (Wildman–Crippen LogP) is 3.27. The summed E-state index contributed by atoms with van der Waals surface area (Å²) in [6, 6.07) is 9.07. The van der Waals surface area contributed by atoms with Gasteiger partial charge in [-0.3, -0.25) is 9.78 Å². The van der Waals surface area contributed by atoms with Crippen LogP contribution < -0.4 is 10.2 Å². The van der Waals surface area contributed by atoms with E-state index in [2.05, 4.69) is 15.5 Å². The number of rotatable bonds is 5. The summed E-state index contributed by atoms with van der Waals surface area (Å²) < 4.78 is 31.7. The van der Waals surface area contributed by atoms with E-state index in [4.69, 9.17) is 4.52 Å². The number of pyridine rings is 1. The first-order chi connectivity index (χ1) is 13.6. The number of anilines is 1. The molecule has 1 fully saturated rings. The average Bonchev–Trinajstić information content (AvgIpc) is 3.39. The van der Waals surface area contributed by atoms with Crippen molar-refractivity contribution in [2.75, 3.05) is 24.5 Å². The van der Waals surface area contributed by atoms with Gasteiger partial charge in [0, 0.05) is 55.4 Å². The Morgan fingerprint density at radius 1 is 1.25 bits per heavy atom. The highest BCUT2D eigenvalue weighted by Gasteiger charge is 2.24. The largest absolute Gasteiger partial charge is 0.371 e. The summed E-state index contributed by atoms with van der Waals surface area (Å²) in [4.78, 5) is 18.3. The summed E-state index contributed by atoms with van der Waals surface area (Å²) in [7, 11) is 0. The Bertz CT molecular complexity index is 977. The number of nitrogens with zero attached hydrogens (tertiary/aromatic N) is 3. The molecule has 1 unspecified atom stereocenters. The second kappa shape index (κ2) is 7.75. The maximum Gasteiger partial charge on any atom is 0.273 e. The van der Waals surface area contributed by atoms with Gasteiger partial charge in [0.15, 0.2) is 23.1 Å². The summed E-state index contributed by atoms with van der Waals surface area (Å²) >= 11 is 0. The molecule has 6 nitrogen and oxygen atoms in total. The lowest BCUT2D eigenvalue weighted by Gasteiger charge is -2.19. The van der Waals surface area contributed by atoms with Crippen molar-refractivity contribution < 1.29 is 18.1 Å². The van der Waals surface area contributed by atoms with Crippen LogP contribution in [0.15, 0.2) is 53.3 Å². The van der Waals surface area contributed by atoms with Crippen LogP contribution in [0.5, 0.6) is 0 Å². The molecule has 0 aliphatic carbocycles. The third-order valence-corrected chi connectivity index (χ3v) is 4.79. The monoisotopic (exact) mass is 384 g/mol. The minimum Gasteiger partial charge on any atom is -0.371 e. The number of hydrogen-bond donors (Lipinski definition) is 1. The van der Waals surface area contributed by atoms with Gasteiger partial charge in [-0.25, -0.2) is 8.78 Å². The van der Waals surface area contributed by atoms with Crippen molar-refractivity contribution >= 4 is 11.6 Å². The molecule has 8 heteroatoms. The first-order valence-electron chi connectivity index (χ1n) is 8.95. The molecule has 144 valence electrons. The Morgan fingerprint density at radius 3 is 2.93 bits per heavy atom. The molecule has 28 heavy (non-hydrogen) atoms. The van der Waals surface area contributed by atoms with Crippen LogP contribution in [0.4, 0.5) is 14.5 Å². The van der Waals surface area contributed by atoms with E-state index in [9.17, 15) is 13.6 Å². The molecule has 1 aliphatic heterocycles. The number of carbonyl (C=O) groups excluding carboxylic acids is 1. The third kappa shape index (κ3) is 3.85. The number of halogens is 2. The van der Waals surface area contributed by atoms with Crippen LogP contribution in [0.25, 0.3) is 11.3 Å². The normalized spacial score (nSPS) is 16.4. The molecule has 0 spiro atoms. The summed E-state index contributed by atoms with van der Waals surface area (Å²) in [5, 5.41) is 6.68. The molecule has 4 rings (SSSR count). The fraction of sp³-hybridized carbons (Fsp3) is 0.250. The Balaban J connectivity index is 1.32. The van der Waals surface area contributed by atoms with Crippen molar-refractivity contribution in [3.05, 3.63) is 66.1 Å². The molecule has 0 saturated carbocycles. The Hall–Kier alpha value is -3.29. The van der Waals surface area contributed by atoms with Gasteiger partial charge < -0.3 is 14.7 Å². The molecule has 0 bridgehead atoms. The van der Waals surface area contributed by atoms with Crippen molar-refractivity contribution in [3.8, 4) is 11.3 Å². The standard InChI is InChI=1S/C20H18F2N4O2/c21-16-4-3-15(8-17(16)22)26-7-5-13(12-26)10-24-20(27)18-9-19(28-25-18)14-2-1-6-23-11-14/h1-4,6,8-9,11,13H,5,7,10,12H2,(H,24,27). The smallest absolute Gasteiger partial charge is 0.273 e. The fourth-order valence-corrected chi connectivity index (χ4v) is 3.27. The molecule has 1 aromatic carbocycles. The van der Waals surface area contributed by atoms with Crippen LogP contribution in [-0.4, -0.2) is 35.7 Å². The SMILES string of the molecule is O=C(NCC1CCN(c2ccc(F)c(F)c2)C1)c1cc(-c2cccnc2)on1. The van der Waals surface area contributed by atoms with Gasteiger partial charge in [-0.2, -0.15) is 0 Å². The molecule has 1 atom stereocenters. The van der Waals surface area contributed by atoms with Crippen molar-refractivity contribution in [1.29, 1.82) is 0 Å². The van der Waals surface area contributed by atoms with E-state index in [1.54, 1.807) is 30.6 Å². The molecule has 1 aliphatic rings. The lowest BCUT2D eigenvalue weighted by Crippen LogP contribution is -2.31. The van der Waals surface area contributed by atoms with Crippen LogP contribution in [0, 0.1) is 17.6 Å². The van der Waals surface area contributed by atoms with Crippen molar-refractivity contribution in [2.45, 2.75) is 6.42 Å². The van der Waals surface area contributed by atoms with E-state index >= 15 is 0 Å². The minimum absolute atomic E-state index is 0.203. The molecule has 3 aromatic rings. The van der Waals surface area contributed by atoms with Gasteiger partial charge in [-0.15, -0.1) is 0 Å². The van der Waals surface area contributed by atoms with Crippen LogP contribution in [-0.2, 0) is 0 Å². The van der Waals surface area contributed by atoms with Gasteiger partial charge in [-0.1, -0.05) is 5.16 Å². The number of benzene rings is 1.